The van der Waals surface area contributed by atoms with Crippen molar-refractivity contribution in [1.29, 1.82) is 0 Å². The molecule has 0 bridgehead atoms. The summed E-state index contributed by atoms with van der Waals surface area (Å²) in [7, 11) is 0. The van der Waals surface area contributed by atoms with E-state index < -0.39 is 0 Å². The topological polar surface area (TPSA) is 17.1 Å². The molecule has 2 aromatic carbocycles. The highest BCUT2D eigenvalue weighted by Crippen LogP contribution is 2.27. The van der Waals surface area contributed by atoms with Gasteiger partial charge in [0.25, 0.3) is 0 Å². The molecule has 0 unspecified atom stereocenters. The molecule has 0 aliphatic rings. The van der Waals surface area contributed by atoms with Gasteiger partial charge in [0.05, 0.1) is 5.41 Å². The summed E-state index contributed by atoms with van der Waals surface area (Å²) in [4.78, 5) is 11.2. The van der Waals surface area contributed by atoms with Crippen molar-refractivity contribution >= 4 is 28.5 Å². The van der Waals surface area contributed by atoms with E-state index >= 15 is 0 Å². The number of rotatable bonds is 2. The third-order valence-electron chi connectivity index (χ3n) is 1.98. The molecule has 2 rings (SSSR count). The molecule has 2 heteroatoms. The summed E-state index contributed by atoms with van der Waals surface area (Å²) in [6.07, 6.45) is 0. The molecular weight excluding hydrogens is 192 g/mol. The molecule has 0 aromatic heterocycles. The van der Waals surface area contributed by atoms with Gasteiger partial charge in [-0.25, -0.2) is 4.79 Å². The van der Waals surface area contributed by atoms with Crippen LogP contribution in [0, 0.1) is 0 Å². The van der Waals surface area contributed by atoms with E-state index in [1.807, 2.05) is 24.3 Å². The van der Waals surface area contributed by atoms with Crippen molar-refractivity contribution in [3.63, 3.8) is 0 Å². The van der Waals surface area contributed by atoms with E-state index in [2.05, 4.69) is 18.2 Å². The zero-order valence-corrected chi connectivity index (χ0v) is 8.25. The van der Waals surface area contributed by atoms with Gasteiger partial charge in [-0.05, 0) is 16.8 Å². The third-order valence-corrected chi connectivity index (χ3v) is 2.81. The van der Waals surface area contributed by atoms with Crippen LogP contribution in [-0.4, -0.2) is 5.94 Å². The zero-order valence-electron chi connectivity index (χ0n) is 7.44. The molecule has 0 heterocycles. The molecule has 14 heavy (non-hydrogen) atoms. The fourth-order valence-electron chi connectivity index (χ4n) is 1.39. The Bertz CT molecular complexity index is 493. The van der Waals surface area contributed by atoms with Gasteiger partial charge in [0.2, 0.25) is 0 Å². The Morgan fingerprint density at radius 3 is 2.71 bits per heavy atom. The Morgan fingerprint density at radius 1 is 1.07 bits per heavy atom. The van der Waals surface area contributed by atoms with Crippen LogP contribution in [0.2, 0.25) is 0 Å². The van der Waals surface area contributed by atoms with Crippen LogP contribution in [0.4, 0.5) is 0 Å². The Kier molecular flexibility index (Phi) is 2.68. The van der Waals surface area contributed by atoms with Gasteiger partial charge in [-0.3, -0.25) is 0 Å². The smallest absolute Gasteiger partial charge is 0.131 e. The summed E-state index contributed by atoms with van der Waals surface area (Å²) >= 11 is 1.40. The quantitative estimate of drug-likeness (QED) is 0.546. The third kappa shape index (κ3) is 1.72. The van der Waals surface area contributed by atoms with Gasteiger partial charge < -0.3 is 0 Å². The highest BCUT2D eigenvalue weighted by Gasteiger charge is 1.97. The van der Waals surface area contributed by atoms with E-state index in [4.69, 9.17) is 0 Å². The lowest BCUT2D eigenvalue weighted by molar-refractivity contribution is 0.569. The average Bonchev–Trinajstić information content (AvgIpc) is 2.26. The van der Waals surface area contributed by atoms with Crippen LogP contribution in [-0.2, 0) is 4.79 Å². The summed E-state index contributed by atoms with van der Waals surface area (Å²) < 4.78 is 0. The molecule has 0 radical (unpaired) electrons. The molecular formula is C12H8OS. The van der Waals surface area contributed by atoms with Crippen LogP contribution in [0.25, 0.3) is 10.8 Å². The molecule has 1 nitrogen and oxygen atoms in total. The lowest BCUT2D eigenvalue weighted by atomic mass is 10.1. The molecule has 0 saturated heterocycles. The van der Waals surface area contributed by atoms with Gasteiger partial charge in [-0.2, -0.15) is 0 Å². The van der Waals surface area contributed by atoms with Gasteiger partial charge in [0.15, 0.2) is 0 Å². The summed E-state index contributed by atoms with van der Waals surface area (Å²) in [5.74, 6) is 1.77. The van der Waals surface area contributed by atoms with E-state index in [9.17, 15) is 4.79 Å². The Hall–Kier alpha value is -1.50. The lowest BCUT2D eigenvalue weighted by Crippen LogP contribution is -1.74. The van der Waals surface area contributed by atoms with Crippen LogP contribution in [0.5, 0.6) is 0 Å². The maximum absolute atomic E-state index is 10.1. The molecule has 2 aromatic rings. The highest BCUT2D eigenvalue weighted by atomic mass is 32.2. The van der Waals surface area contributed by atoms with Crippen molar-refractivity contribution in [3.8, 4) is 0 Å². The van der Waals surface area contributed by atoms with Crippen molar-refractivity contribution in [2.45, 2.75) is 4.90 Å². The van der Waals surface area contributed by atoms with Crippen LogP contribution < -0.4 is 0 Å². The van der Waals surface area contributed by atoms with E-state index in [0.29, 0.717) is 0 Å². The molecule has 0 aliphatic carbocycles. The van der Waals surface area contributed by atoms with Crippen molar-refractivity contribution in [1.82, 2.24) is 0 Å². The fraction of sp³-hybridized carbons (Fsp3) is 0. The summed E-state index contributed by atoms with van der Waals surface area (Å²) in [5, 5.41) is 3.80. The molecule has 0 spiro atoms. The first-order valence-electron chi connectivity index (χ1n) is 4.25. The normalized spacial score (nSPS) is 9.71. The first kappa shape index (κ1) is 9.07. The second-order valence-corrected chi connectivity index (χ2v) is 3.74. The van der Waals surface area contributed by atoms with E-state index in [1.54, 1.807) is 5.94 Å². The Morgan fingerprint density at radius 2 is 1.86 bits per heavy atom. The van der Waals surface area contributed by atoms with Crippen LogP contribution >= 0.6 is 11.8 Å². The minimum Gasteiger partial charge on any atom is -0.233 e. The number of fused-ring (bicyclic) bond motifs is 1. The molecule has 0 N–H and O–H groups in total. The number of carbonyl (C=O) groups excluding carboxylic acids is 1. The predicted molar refractivity (Wildman–Crippen MR) is 60.1 cm³/mol. The molecule has 0 atom stereocenters. The van der Waals surface area contributed by atoms with Crippen molar-refractivity contribution in [3.05, 3.63) is 47.9 Å². The zero-order chi connectivity index (χ0) is 9.80. The first-order valence-corrected chi connectivity index (χ1v) is 5.13. The SMILES string of the molecule is O=C=CSc1cccc2ccccc12. The summed E-state index contributed by atoms with van der Waals surface area (Å²) in [6.45, 7) is 0. The van der Waals surface area contributed by atoms with Gasteiger partial charge in [-0.1, -0.05) is 48.2 Å². The molecule has 68 valence electrons. The van der Waals surface area contributed by atoms with Gasteiger partial charge >= 0.3 is 0 Å². The summed E-state index contributed by atoms with van der Waals surface area (Å²) in [5.41, 5.74) is 0. The maximum Gasteiger partial charge on any atom is 0.131 e. The average molecular weight is 200 g/mol. The summed E-state index contributed by atoms with van der Waals surface area (Å²) in [6, 6.07) is 14.2. The molecule has 0 saturated carbocycles. The minimum atomic E-state index is 1.09. The van der Waals surface area contributed by atoms with Gasteiger partial charge in [-0.15, -0.1) is 0 Å². The van der Waals surface area contributed by atoms with E-state index in [-0.39, 0.29) is 0 Å². The largest absolute Gasteiger partial charge is 0.233 e. The van der Waals surface area contributed by atoms with E-state index in [1.165, 1.54) is 27.9 Å². The van der Waals surface area contributed by atoms with Crippen molar-refractivity contribution < 1.29 is 4.79 Å². The van der Waals surface area contributed by atoms with Crippen LogP contribution in [0.3, 0.4) is 0 Å². The van der Waals surface area contributed by atoms with Crippen molar-refractivity contribution in [2.24, 2.45) is 0 Å². The lowest BCUT2D eigenvalue weighted by Gasteiger charge is -2.01. The van der Waals surface area contributed by atoms with E-state index in [0.717, 1.165) is 4.90 Å². The van der Waals surface area contributed by atoms with Gasteiger partial charge in [0, 0.05) is 4.90 Å². The number of thioether (sulfide) groups is 1. The number of hydrogen-bond donors (Lipinski definition) is 0. The predicted octanol–water partition coefficient (Wildman–Crippen LogP) is 3.28. The number of benzene rings is 2. The second kappa shape index (κ2) is 4.14. The first-order chi connectivity index (χ1) is 6.92. The fourth-order valence-corrected chi connectivity index (χ4v) is 2.03. The second-order valence-electron chi connectivity index (χ2n) is 2.83. The standard InChI is InChI=1S/C12H8OS/c13-8-9-14-12-7-3-5-10-4-1-2-6-11(10)12/h1-7,9H. The van der Waals surface area contributed by atoms with Crippen molar-refractivity contribution in [2.75, 3.05) is 0 Å². The monoisotopic (exact) mass is 200 g/mol. The molecule has 0 aliphatic heterocycles. The maximum atomic E-state index is 10.1. The molecule has 0 amide bonds. The van der Waals surface area contributed by atoms with Crippen LogP contribution in [0.1, 0.15) is 0 Å². The van der Waals surface area contributed by atoms with Crippen LogP contribution in [0.15, 0.2) is 52.8 Å². The number of hydrogen-bond acceptors (Lipinski definition) is 2. The Labute approximate surface area is 86.4 Å². The van der Waals surface area contributed by atoms with Gasteiger partial charge in [0.1, 0.15) is 5.94 Å². The Balaban J connectivity index is 2.58. The molecule has 0 fully saturated rings. The minimum absolute atomic E-state index is 1.09. The highest BCUT2D eigenvalue weighted by molar-refractivity contribution is 8.02.